The molecule has 0 aliphatic carbocycles. The molecular weight excluding hydrogens is 460 g/mol. The first-order valence-corrected chi connectivity index (χ1v) is 11.6. The third-order valence-corrected chi connectivity index (χ3v) is 4.92. The second-order valence-corrected chi connectivity index (χ2v) is 9.50. The van der Waals surface area contributed by atoms with Crippen molar-refractivity contribution in [2.75, 3.05) is 4.90 Å². The Hall–Kier alpha value is -4.21. The van der Waals surface area contributed by atoms with Gasteiger partial charge in [-0.2, -0.15) is 0 Å². The third kappa shape index (κ3) is 7.14. The smallest absolute Gasteiger partial charge is 0.407 e. The highest BCUT2D eigenvalue weighted by atomic mass is 16.6. The molecule has 0 radical (unpaired) electrons. The van der Waals surface area contributed by atoms with Crippen molar-refractivity contribution in [1.82, 2.24) is 25.6 Å². The van der Waals surface area contributed by atoms with Crippen LogP contribution in [-0.4, -0.2) is 44.5 Å². The van der Waals surface area contributed by atoms with Crippen LogP contribution in [0.15, 0.2) is 61.3 Å². The van der Waals surface area contributed by atoms with Gasteiger partial charge in [-0.15, -0.1) is 0 Å². The van der Waals surface area contributed by atoms with Gasteiger partial charge in [-0.25, -0.2) is 9.78 Å². The molecule has 190 valence electrons. The molecular formula is C26H32N6O4. The topological polar surface area (TPSA) is 129 Å². The van der Waals surface area contributed by atoms with Gasteiger partial charge in [0.05, 0.1) is 6.33 Å². The molecule has 0 fully saturated rings. The zero-order chi connectivity index (χ0) is 26.3. The number of imidazole rings is 1. The van der Waals surface area contributed by atoms with Crippen LogP contribution in [0.4, 0.5) is 10.5 Å². The van der Waals surface area contributed by atoms with E-state index >= 15 is 0 Å². The largest absolute Gasteiger partial charge is 0.444 e. The van der Waals surface area contributed by atoms with Crippen molar-refractivity contribution in [2.24, 2.45) is 0 Å². The number of pyridine rings is 1. The van der Waals surface area contributed by atoms with Crippen LogP contribution in [0.1, 0.15) is 62.3 Å². The molecule has 0 saturated heterocycles. The summed E-state index contributed by atoms with van der Waals surface area (Å²) >= 11 is 0. The average molecular weight is 493 g/mol. The number of nitrogens with one attached hydrogen (secondary N) is 3. The Morgan fingerprint density at radius 2 is 1.83 bits per heavy atom. The number of carbonyl (C=O) groups is 3. The maximum atomic E-state index is 13.6. The van der Waals surface area contributed by atoms with Crippen LogP contribution in [0.3, 0.4) is 0 Å². The molecule has 0 aliphatic rings. The molecule has 0 aliphatic heterocycles. The lowest BCUT2D eigenvalue weighted by Gasteiger charge is -2.31. The van der Waals surface area contributed by atoms with E-state index in [0.717, 1.165) is 5.56 Å². The molecule has 1 unspecified atom stereocenters. The van der Waals surface area contributed by atoms with E-state index in [9.17, 15) is 14.4 Å². The number of rotatable bonds is 8. The van der Waals surface area contributed by atoms with E-state index in [0.29, 0.717) is 11.3 Å². The molecule has 10 heteroatoms. The Bertz CT molecular complexity index is 1160. The van der Waals surface area contributed by atoms with Crippen molar-refractivity contribution in [3.8, 4) is 0 Å². The van der Waals surface area contributed by atoms with Crippen molar-refractivity contribution in [2.45, 2.75) is 58.8 Å². The lowest BCUT2D eigenvalue weighted by atomic mass is 10.0. The minimum Gasteiger partial charge on any atom is -0.444 e. The Morgan fingerprint density at radius 3 is 2.39 bits per heavy atom. The van der Waals surface area contributed by atoms with E-state index in [1.165, 1.54) is 17.4 Å². The summed E-state index contributed by atoms with van der Waals surface area (Å²) in [6.45, 7) is 9.32. The first-order chi connectivity index (χ1) is 17.0. The van der Waals surface area contributed by atoms with Gasteiger partial charge in [0.15, 0.2) is 0 Å². The van der Waals surface area contributed by atoms with Crippen LogP contribution >= 0.6 is 0 Å². The number of aromatic nitrogens is 3. The van der Waals surface area contributed by atoms with E-state index in [-0.39, 0.29) is 24.2 Å². The number of aromatic amines is 1. The molecule has 3 rings (SSSR count). The maximum Gasteiger partial charge on any atom is 0.407 e. The molecule has 2 aromatic heterocycles. The van der Waals surface area contributed by atoms with Crippen LogP contribution in [0.5, 0.6) is 0 Å². The fourth-order valence-corrected chi connectivity index (χ4v) is 3.47. The highest BCUT2D eigenvalue weighted by Gasteiger charge is 2.34. The van der Waals surface area contributed by atoms with Gasteiger partial charge in [-0.3, -0.25) is 19.5 Å². The molecule has 1 aromatic carbocycles. The van der Waals surface area contributed by atoms with Crippen molar-refractivity contribution >= 4 is 23.6 Å². The molecule has 3 amide bonds. The lowest BCUT2D eigenvalue weighted by Crippen LogP contribution is -2.46. The van der Waals surface area contributed by atoms with Crippen molar-refractivity contribution < 1.29 is 19.1 Å². The van der Waals surface area contributed by atoms with Gasteiger partial charge in [-0.05, 0) is 58.4 Å². The number of nitrogens with zero attached hydrogens (tertiary/aromatic N) is 3. The van der Waals surface area contributed by atoms with Crippen molar-refractivity contribution in [1.29, 1.82) is 0 Å². The minimum absolute atomic E-state index is 0.139. The Labute approximate surface area is 210 Å². The fraction of sp³-hybridized carbons (Fsp3) is 0.346. The number of carbonyl (C=O) groups excluding carboxylic acids is 3. The molecule has 2 heterocycles. The van der Waals surface area contributed by atoms with E-state index < -0.39 is 23.6 Å². The second kappa shape index (κ2) is 11.5. The lowest BCUT2D eigenvalue weighted by molar-refractivity contribution is -0.123. The fourth-order valence-electron chi connectivity index (χ4n) is 3.47. The van der Waals surface area contributed by atoms with Crippen LogP contribution in [0.2, 0.25) is 0 Å². The minimum atomic E-state index is -0.990. The first-order valence-electron chi connectivity index (χ1n) is 11.6. The standard InChI is InChI=1S/C26H32N6O4/c1-17(2)31-23(33)22(19-7-6-12-27-14-19)32(24(34)21-15-28-16-30-21)20-10-8-18(9-11-20)13-29-25(35)36-26(3,4)5/h6-12,14-17,22H,13H2,1-5H3,(H,28,30)(H,29,35)(H,31,33). The number of hydrogen-bond donors (Lipinski definition) is 3. The summed E-state index contributed by atoms with van der Waals surface area (Å²) in [5.41, 5.74) is 1.39. The van der Waals surface area contributed by atoms with Crippen molar-refractivity contribution in [3.63, 3.8) is 0 Å². The van der Waals surface area contributed by atoms with E-state index in [1.807, 2.05) is 13.8 Å². The molecule has 1 atom stereocenters. The molecule has 3 N–H and O–H groups in total. The third-order valence-electron chi connectivity index (χ3n) is 4.92. The number of benzene rings is 1. The van der Waals surface area contributed by atoms with Gasteiger partial charge in [0.2, 0.25) is 5.91 Å². The number of ether oxygens (including phenoxy) is 1. The zero-order valence-corrected chi connectivity index (χ0v) is 21.1. The second-order valence-electron chi connectivity index (χ2n) is 9.50. The number of hydrogen-bond acceptors (Lipinski definition) is 6. The average Bonchev–Trinajstić information content (AvgIpc) is 3.35. The molecule has 0 spiro atoms. The van der Waals surface area contributed by atoms with Crippen LogP contribution in [0.25, 0.3) is 0 Å². The van der Waals surface area contributed by atoms with Crippen LogP contribution in [0, 0.1) is 0 Å². The van der Waals surface area contributed by atoms with Gasteiger partial charge in [-0.1, -0.05) is 18.2 Å². The van der Waals surface area contributed by atoms with Crippen LogP contribution < -0.4 is 15.5 Å². The predicted molar refractivity (Wildman–Crippen MR) is 135 cm³/mol. The monoisotopic (exact) mass is 492 g/mol. The summed E-state index contributed by atoms with van der Waals surface area (Å²) in [7, 11) is 0. The first kappa shape index (κ1) is 26.4. The van der Waals surface area contributed by atoms with Gasteiger partial charge in [0, 0.05) is 42.4 Å². The van der Waals surface area contributed by atoms with Gasteiger partial charge in [0.25, 0.3) is 5.91 Å². The molecule has 36 heavy (non-hydrogen) atoms. The number of anilines is 1. The predicted octanol–water partition coefficient (Wildman–Crippen LogP) is 3.74. The van der Waals surface area contributed by atoms with E-state index in [1.54, 1.807) is 69.6 Å². The summed E-state index contributed by atoms with van der Waals surface area (Å²) in [4.78, 5) is 51.4. The summed E-state index contributed by atoms with van der Waals surface area (Å²) in [5, 5.41) is 5.61. The van der Waals surface area contributed by atoms with Gasteiger partial charge in [0.1, 0.15) is 17.3 Å². The number of alkyl carbamates (subject to hydrolysis) is 1. The Balaban J connectivity index is 1.95. The number of H-pyrrole nitrogens is 1. The molecule has 3 aromatic rings. The summed E-state index contributed by atoms with van der Waals surface area (Å²) in [6.07, 6.45) is 5.53. The quantitative estimate of drug-likeness (QED) is 0.439. The summed E-state index contributed by atoms with van der Waals surface area (Å²) in [6, 6.07) is 9.34. The SMILES string of the molecule is CC(C)NC(=O)C(c1cccnc1)N(C(=O)c1c[nH]cn1)c1ccc(CNC(=O)OC(C)(C)C)cc1. The highest BCUT2D eigenvalue weighted by molar-refractivity contribution is 6.09. The Morgan fingerprint density at radius 1 is 1.11 bits per heavy atom. The maximum absolute atomic E-state index is 13.6. The Kier molecular flexibility index (Phi) is 8.42. The van der Waals surface area contributed by atoms with E-state index in [4.69, 9.17) is 4.74 Å². The van der Waals surface area contributed by atoms with Gasteiger partial charge < -0.3 is 20.4 Å². The molecule has 10 nitrogen and oxygen atoms in total. The zero-order valence-electron chi connectivity index (χ0n) is 21.1. The van der Waals surface area contributed by atoms with E-state index in [2.05, 4.69) is 25.6 Å². The summed E-state index contributed by atoms with van der Waals surface area (Å²) < 4.78 is 5.27. The highest BCUT2D eigenvalue weighted by Crippen LogP contribution is 2.29. The van der Waals surface area contributed by atoms with Gasteiger partial charge >= 0.3 is 6.09 Å². The molecule has 0 saturated carbocycles. The molecule has 0 bridgehead atoms. The summed E-state index contributed by atoms with van der Waals surface area (Å²) in [5.74, 6) is -0.804. The van der Waals surface area contributed by atoms with Crippen LogP contribution in [-0.2, 0) is 16.1 Å². The number of amides is 3. The van der Waals surface area contributed by atoms with Crippen molar-refractivity contribution in [3.05, 3.63) is 78.1 Å². The normalized spacial score (nSPS) is 12.1.